The zero-order valence-corrected chi connectivity index (χ0v) is 24.3. The zero-order valence-electron chi connectivity index (χ0n) is 24.3. The molecule has 11 atom stereocenters. The molecule has 4 aliphatic carbocycles. The molecule has 4 rings (SSSR count). The van der Waals surface area contributed by atoms with E-state index in [0.29, 0.717) is 36.5 Å². The van der Waals surface area contributed by atoms with E-state index in [4.69, 9.17) is 9.47 Å². The second-order valence-electron chi connectivity index (χ2n) is 14.4. The quantitative estimate of drug-likeness (QED) is 0.420. The Bertz CT molecular complexity index is 849. The van der Waals surface area contributed by atoms with E-state index < -0.39 is 11.7 Å². The van der Waals surface area contributed by atoms with Crippen LogP contribution in [0, 0.1) is 46.3 Å². The number of esters is 2. The van der Waals surface area contributed by atoms with Crippen molar-refractivity contribution in [1.29, 1.82) is 0 Å². The van der Waals surface area contributed by atoms with Gasteiger partial charge in [-0.25, -0.2) is 0 Å². The first-order valence-corrected chi connectivity index (χ1v) is 14.9. The zero-order chi connectivity index (χ0) is 27.3. The molecule has 0 aromatic rings. The van der Waals surface area contributed by atoms with Crippen LogP contribution in [0.4, 0.5) is 0 Å². The molecule has 0 bridgehead atoms. The fourth-order valence-electron chi connectivity index (χ4n) is 9.85. The number of carbonyl (C=O) groups excluding carboxylic acids is 2. The summed E-state index contributed by atoms with van der Waals surface area (Å²) < 4.78 is 11.7. The van der Waals surface area contributed by atoms with Crippen LogP contribution >= 0.6 is 0 Å². The van der Waals surface area contributed by atoms with Crippen LogP contribution in [0.2, 0.25) is 0 Å². The van der Waals surface area contributed by atoms with Gasteiger partial charge in [-0.2, -0.15) is 0 Å². The fraction of sp³-hybridized carbons (Fsp3) is 0.935. The van der Waals surface area contributed by atoms with Gasteiger partial charge in [-0.1, -0.05) is 20.8 Å². The molecule has 0 radical (unpaired) electrons. The maximum absolute atomic E-state index is 12.2. The van der Waals surface area contributed by atoms with E-state index >= 15 is 0 Å². The lowest BCUT2D eigenvalue weighted by Gasteiger charge is -2.62. The van der Waals surface area contributed by atoms with Gasteiger partial charge in [0.2, 0.25) is 0 Å². The number of aliphatic hydroxyl groups excluding tert-OH is 1. The Morgan fingerprint density at radius 2 is 1.54 bits per heavy atom. The summed E-state index contributed by atoms with van der Waals surface area (Å²) in [5, 5.41) is 21.3. The smallest absolute Gasteiger partial charge is 0.302 e. The first-order chi connectivity index (χ1) is 17.2. The summed E-state index contributed by atoms with van der Waals surface area (Å²) in [5.41, 5.74) is -0.499. The number of carbonyl (C=O) groups is 2. The lowest BCUT2D eigenvalue weighted by molar-refractivity contribution is -0.197. The molecule has 6 nitrogen and oxygen atoms in total. The summed E-state index contributed by atoms with van der Waals surface area (Å²) in [7, 11) is 0. The molecule has 0 aromatic heterocycles. The van der Waals surface area contributed by atoms with Crippen molar-refractivity contribution < 1.29 is 29.3 Å². The lowest BCUT2D eigenvalue weighted by atomic mass is 9.43. The molecule has 2 N–H and O–H groups in total. The summed E-state index contributed by atoms with van der Waals surface area (Å²) in [6.07, 6.45) is 8.88. The molecule has 0 spiro atoms. The summed E-state index contributed by atoms with van der Waals surface area (Å²) in [5.74, 6) is 2.12. The summed E-state index contributed by atoms with van der Waals surface area (Å²) in [6, 6.07) is 0. The van der Waals surface area contributed by atoms with E-state index in [1.54, 1.807) is 0 Å². The fourth-order valence-corrected chi connectivity index (χ4v) is 9.85. The summed E-state index contributed by atoms with van der Waals surface area (Å²) in [6.45, 7) is 13.7. The first kappa shape index (κ1) is 28.9. The predicted molar refractivity (Wildman–Crippen MR) is 142 cm³/mol. The van der Waals surface area contributed by atoms with E-state index in [-0.39, 0.29) is 46.8 Å². The van der Waals surface area contributed by atoms with Gasteiger partial charge in [0.15, 0.2) is 0 Å². The lowest BCUT2D eigenvalue weighted by Crippen LogP contribution is -2.59. The van der Waals surface area contributed by atoms with Gasteiger partial charge in [-0.3, -0.25) is 9.59 Å². The highest BCUT2D eigenvalue weighted by Gasteiger charge is 2.63. The average molecular weight is 521 g/mol. The van der Waals surface area contributed by atoms with Crippen LogP contribution in [0.25, 0.3) is 0 Å². The van der Waals surface area contributed by atoms with Gasteiger partial charge in [0.05, 0.1) is 11.7 Å². The molecule has 37 heavy (non-hydrogen) atoms. The second kappa shape index (κ2) is 10.4. The maximum atomic E-state index is 12.2. The minimum atomic E-state index is -0.755. The molecule has 0 unspecified atom stereocenters. The normalized spacial score (nSPS) is 43.1. The van der Waals surface area contributed by atoms with E-state index in [1.165, 1.54) is 33.1 Å². The first-order valence-electron chi connectivity index (χ1n) is 14.9. The van der Waals surface area contributed by atoms with Crippen LogP contribution in [0.5, 0.6) is 0 Å². The van der Waals surface area contributed by atoms with Crippen molar-refractivity contribution in [2.75, 3.05) is 0 Å². The Kier molecular flexibility index (Phi) is 8.15. The van der Waals surface area contributed by atoms with Crippen LogP contribution in [0.15, 0.2) is 0 Å². The van der Waals surface area contributed by atoms with Crippen molar-refractivity contribution in [3.05, 3.63) is 0 Å². The molecule has 4 fully saturated rings. The minimum absolute atomic E-state index is 0.0803. The van der Waals surface area contributed by atoms with Crippen molar-refractivity contribution in [3.8, 4) is 0 Å². The Labute approximate surface area is 224 Å². The summed E-state index contributed by atoms with van der Waals surface area (Å²) >= 11 is 0. The van der Waals surface area contributed by atoms with Crippen LogP contribution < -0.4 is 0 Å². The van der Waals surface area contributed by atoms with Gasteiger partial charge in [0.25, 0.3) is 0 Å². The van der Waals surface area contributed by atoms with Crippen LogP contribution in [0.1, 0.15) is 113 Å². The second-order valence-corrected chi connectivity index (χ2v) is 14.4. The van der Waals surface area contributed by atoms with Crippen molar-refractivity contribution in [1.82, 2.24) is 0 Å². The molecule has 4 aliphatic rings. The SMILES string of the molecule is CC(=O)O[C@@H]1CC[C@@]2(C)[C@H](C1)[C@@H](OC(C)=O)C[C@@H]1[C@@H]2CC[C@]2(C)[C@@H]([C@H](C)[C@@H](O)CCC(C)(C)O)CC[C@@H]12. The van der Waals surface area contributed by atoms with Crippen molar-refractivity contribution in [2.24, 2.45) is 46.3 Å². The molecule has 6 heteroatoms. The van der Waals surface area contributed by atoms with E-state index in [9.17, 15) is 19.8 Å². The van der Waals surface area contributed by atoms with E-state index in [1.807, 2.05) is 13.8 Å². The topological polar surface area (TPSA) is 93.1 Å². The third kappa shape index (κ3) is 5.62. The van der Waals surface area contributed by atoms with Gasteiger partial charge in [-0.05, 0) is 118 Å². The molecule has 0 amide bonds. The maximum Gasteiger partial charge on any atom is 0.302 e. The number of fused-ring (bicyclic) bond motifs is 5. The minimum Gasteiger partial charge on any atom is -0.463 e. The highest BCUT2D eigenvalue weighted by Crippen LogP contribution is 2.68. The van der Waals surface area contributed by atoms with Gasteiger partial charge < -0.3 is 19.7 Å². The number of hydrogen-bond donors (Lipinski definition) is 2. The monoisotopic (exact) mass is 520 g/mol. The van der Waals surface area contributed by atoms with Crippen molar-refractivity contribution in [2.45, 2.75) is 137 Å². The molecule has 0 heterocycles. The van der Waals surface area contributed by atoms with Crippen LogP contribution in [0.3, 0.4) is 0 Å². The van der Waals surface area contributed by atoms with Gasteiger partial charge in [-0.15, -0.1) is 0 Å². The molecule has 4 saturated carbocycles. The Hall–Kier alpha value is -1.14. The molecule has 212 valence electrons. The summed E-state index contributed by atoms with van der Waals surface area (Å²) in [4.78, 5) is 23.9. The number of rotatable bonds is 7. The number of ether oxygens (including phenoxy) is 2. The van der Waals surface area contributed by atoms with E-state index in [0.717, 1.165) is 32.1 Å². The molecule has 0 saturated heterocycles. The Balaban J connectivity index is 1.55. The molecule has 0 aliphatic heterocycles. The highest BCUT2D eigenvalue weighted by molar-refractivity contribution is 5.66. The number of aliphatic hydroxyl groups is 2. The van der Waals surface area contributed by atoms with Crippen LogP contribution in [-0.2, 0) is 19.1 Å². The molecular weight excluding hydrogens is 468 g/mol. The van der Waals surface area contributed by atoms with Gasteiger partial charge >= 0.3 is 11.9 Å². The Morgan fingerprint density at radius 1 is 0.919 bits per heavy atom. The molecular formula is C31H52O6. The average Bonchev–Trinajstić information content (AvgIpc) is 3.14. The standard InChI is InChI=1S/C31H52O6/c1-18(27(34)12-13-29(4,5)35)23-8-9-24-22-17-28(37-20(3)33)26-16-21(36-19(2)32)10-14-31(26,7)25(22)11-15-30(23,24)6/h18,21-28,34-35H,8-17H2,1-7H3/t18-,21+,22-,23+,24-,25-,26+,27-,28-,30+,31+/m0/s1. The van der Waals surface area contributed by atoms with E-state index in [2.05, 4.69) is 20.8 Å². The molecule has 0 aromatic carbocycles. The Morgan fingerprint density at radius 3 is 2.16 bits per heavy atom. The van der Waals surface area contributed by atoms with Crippen molar-refractivity contribution in [3.63, 3.8) is 0 Å². The van der Waals surface area contributed by atoms with Gasteiger partial charge in [0.1, 0.15) is 12.2 Å². The van der Waals surface area contributed by atoms with Gasteiger partial charge in [0, 0.05) is 19.8 Å². The van der Waals surface area contributed by atoms with Crippen molar-refractivity contribution >= 4 is 11.9 Å². The third-order valence-electron chi connectivity index (χ3n) is 11.6. The van der Waals surface area contributed by atoms with Crippen LogP contribution in [-0.4, -0.2) is 46.1 Å². The third-order valence-corrected chi connectivity index (χ3v) is 11.6. The highest BCUT2D eigenvalue weighted by atomic mass is 16.5. The largest absolute Gasteiger partial charge is 0.463 e. The number of hydrogen-bond acceptors (Lipinski definition) is 6. The predicted octanol–water partition coefficient (Wildman–Crippen LogP) is 5.67.